The van der Waals surface area contributed by atoms with Gasteiger partial charge in [0.25, 0.3) is 0 Å². The van der Waals surface area contributed by atoms with Crippen LogP contribution in [0.25, 0.3) is 0 Å². The lowest BCUT2D eigenvalue weighted by molar-refractivity contribution is -0.141. The first kappa shape index (κ1) is 29.3. The molecule has 1 N–H and O–H groups in total. The highest BCUT2D eigenvalue weighted by Gasteiger charge is 2.31. The summed E-state index contributed by atoms with van der Waals surface area (Å²) in [6.07, 6.45) is 1.83. The van der Waals surface area contributed by atoms with Crippen LogP contribution in [0.15, 0.2) is 72.8 Å². The SMILES string of the molecule is CCCNC(=O)[C@H](Cc1ccccc1)N(Cc1c(Cl)cccc1Cl)C(=O)CCCOc1ccc(OC)cc1. The molecule has 0 saturated heterocycles. The average Bonchev–Trinajstić information content (AvgIpc) is 2.93. The molecule has 0 saturated carbocycles. The Kier molecular flexibility index (Phi) is 11.8. The van der Waals surface area contributed by atoms with Gasteiger partial charge in [0.1, 0.15) is 17.5 Å². The number of methoxy groups -OCH3 is 1. The fraction of sp³-hybridized carbons (Fsp3) is 0.333. The minimum Gasteiger partial charge on any atom is -0.497 e. The van der Waals surface area contributed by atoms with Gasteiger partial charge >= 0.3 is 0 Å². The molecule has 38 heavy (non-hydrogen) atoms. The van der Waals surface area contributed by atoms with E-state index in [0.717, 1.165) is 17.7 Å². The lowest BCUT2D eigenvalue weighted by atomic mass is 10.0. The second-order valence-corrected chi connectivity index (χ2v) is 9.66. The van der Waals surface area contributed by atoms with Gasteiger partial charge in [-0.2, -0.15) is 0 Å². The van der Waals surface area contributed by atoms with Crippen molar-refractivity contribution in [1.29, 1.82) is 0 Å². The third-order valence-electron chi connectivity index (χ3n) is 6.07. The first-order valence-electron chi connectivity index (χ1n) is 12.7. The molecule has 202 valence electrons. The Labute approximate surface area is 234 Å². The lowest BCUT2D eigenvalue weighted by Gasteiger charge is -2.32. The van der Waals surface area contributed by atoms with E-state index in [-0.39, 0.29) is 24.8 Å². The van der Waals surface area contributed by atoms with Crippen LogP contribution in [-0.4, -0.2) is 43.0 Å². The van der Waals surface area contributed by atoms with Crippen LogP contribution < -0.4 is 14.8 Å². The van der Waals surface area contributed by atoms with Crippen molar-refractivity contribution in [2.75, 3.05) is 20.3 Å². The van der Waals surface area contributed by atoms with Crippen LogP contribution in [0.1, 0.15) is 37.3 Å². The summed E-state index contributed by atoms with van der Waals surface area (Å²) < 4.78 is 11.0. The van der Waals surface area contributed by atoms with Crippen molar-refractivity contribution in [2.45, 2.75) is 45.2 Å². The maximum absolute atomic E-state index is 13.7. The molecule has 0 aliphatic carbocycles. The maximum atomic E-state index is 13.7. The quantitative estimate of drug-likeness (QED) is 0.236. The molecule has 0 aromatic heterocycles. The van der Waals surface area contributed by atoms with E-state index in [1.54, 1.807) is 30.2 Å². The standard InChI is InChI=1S/C30H34Cl2N2O4/c1-3-18-33-30(36)28(20-22-9-5-4-6-10-22)34(21-25-26(31)11-7-12-27(25)32)29(35)13-8-19-38-24-16-14-23(37-2)15-17-24/h4-7,9-12,14-17,28H,3,8,13,18-21H2,1-2H3,(H,33,36)/t28-/m0/s1. The third kappa shape index (κ3) is 8.67. The van der Waals surface area contributed by atoms with Crippen LogP contribution in [0.5, 0.6) is 11.5 Å². The second-order valence-electron chi connectivity index (χ2n) is 8.85. The van der Waals surface area contributed by atoms with E-state index in [4.69, 9.17) is 32.7 Å². The molecule has 0 spiro atoms. The van der Waals surface area contributed by atoms with Crippen molar-refractivity contribution < 1.29 is 19.1 Å². The van der Waals surface area contributed by atoms with Gasteiger partial charge in [0.05, 0.1) is 13.7 Å². The number of carbonyl (C=O) groups excluding carboxylic acids is 2. The van der Waals surface area contributed by atoms with Gasteiger partial charge in [0.2, 0.25) is 11.8 Å². The van der Waals surface area contributed by atoms with Crippen LogP contribution in [0.2, 0.25) is 10.0 Å². The molecule has 3 aromatic carbocycles. The lowest BCUT2D eigenvalue weighted by Crippen LogP contribution is -2.50. The van der Waals surface area contributed by atoms with E-state index in [9.17, 15) is 9.59 Å². The van der Waals surface area contributed by atoms with Crippen LogP contribution in [0.4, 0.5) is 0 Å². The van der Waals surface area contributed by atoms with E-state index in [1.807, 2.05) is 61.5 Å². The van der Waals surface area contributed by atoms with E-state index in [2.05, 4.69) is 5.32 Å². The van der Waals surface area contributed by atoms with E-state index >= 15 is 0 Å². The molecule has 0 bridgehead atoms. The summed E-state index contributed by atoms with van der Waals surface area (Å²) in [4.78, 5) is 28.6. The van der Waals surface area contributed by atoms with Gasteiger partial charge in [-0.3, -0.25) is 9.59 Å². The molecule has 0 aliphatic rings. The Morgan fingerprint density at radius 3 is 2.21 bits per heavy atom. The third-order valence-corrected chi connectivity index (χ3v) is 6.78. The zero-order valence-corrected chi connectivity index (χ0v) is 23.3. The molecule has 2 amide bonds. The van der Waals surface area contributed by atoms with Crippen molar-refractivity contribution in [2.24, 2.45) is 0 Å². The summed E-state index contributed by atoms with van der Waals surface area (Å²) in [6.45, 7) is 2.98. The average molecular weight is 558 g/mol. The molecule has 0 fully saturated rings. The molecule has 1 atom stereocenters. The topological polar surface area (TPSA) is 67.9 Å². The molecular weight excluding hydrogens is 523 g/mol. The predicted octanol–water partition coefficient (Wildman–Crippen LogP) is 6.33. The molecule has 0 heterocycles. The van der Waals surface area contributed by atoms with Gasteiger partial charge in [-0.1, -0.05) is 66.5 Å². The Hall–Kier alpha value is -3.22. The smallest absolute Gasteiger partial charge is 0.243 e. The van der Waals surface area contributed by atoms with Gasteiger partial charge in [-0.05, 0) is 54.8 Å². The first-order valence-corrected chi connectivity index (χ1v) is 13.5. The Balaban J connectivity index is 1.80. The summed E-state index contributed by atoms with van der Waals surface area (Å²) >= 11 is 12.9. The van der Waals surface area contributed by atoms with E-state index < -0.39 is 6.04 Å². The van der Waals surface area contributed by atoms with Crippen LogP contribution in [0, 0.1) is 0 Å². The predicted molar refractivity (Wildman–Crippen MR) is 152 cm³/mol. The van der Waals surface area contributed by atoms with Gasteiger partial charge in [0.15, 0.2) is 0 Å². The summed E-state index contributed by atoms with van der Waals surface area (Å²) in [5.74, 6) is 1.06. The van der Waals surface area contributed by atoms with E-state index in [1.165, 1.54) is 0 Å². The normalized spacial score (nSPS) is 11.5. The highest BCUT2D eigenvalue weighted by atomic mass is 35.5. The van der Waals surface area contributed by atoms with Gasteiger partial charge in [-0.25, -0.2) is 0 Å². The van der Waals surface area contributed by atoms with Crippen molar-refractivity contribution in [1.82, 2.24) is 10.2 Å². The van der Waals surface area contributed by atoms with Crippen LogP contribution in [-0.2, 0) is 22.6 Å². The number of amides is 2. The van der Waals surface area contributed by atoms with Crippen molar-refractivity contribution >= 4 is 35.0 Å². The fourth-order valence-electron chi connectivity index (χ4n) is 4.00. The summed E-state index contributed by atoms with van der Waals surface area (Å²) in [5, 5.41) is 3.87. The van der Waals surface area contributed by atoms with Gasteiger partial charge < -0.3 is 19.7 Å². The zero-order valence-electron chi connectivity index (χ0n) is 21.8. The zero-order chi connectivity index (χ0) is 27.3. The molecule has 3 rings (SSSR count). The number of carbonyl (C=O) groups is 2. The minimum atomic E-state index is -0.730. The number of nitrogens with zero attached hydrogens (tertiary/aromatic N) is 1. The Morgan fingerprint density at radius 2 is 1.58 bits per heavy atom. The number of ether oxygens (including phenoxy) is 2. The second kappa shape index (κ2) is 15.3. The number of halogens is 2. The number of rotatable bonds is 14. The monoisotopic (exact) mass is 556 g/mol. The van der Waals surface area contributed by atoms with Crippen molar-refractivity contribution in [3.8, 4) is 11.5 Å². The van der Waals surface area contributed by atoms with Gasteiger partial charge in [-0.15, -0.1) is 0 Å². The Morgan fingerprint density at radius 1 is 0.921 bits per heavy atom. The molecule has 0 unspecified atom stereocenters. The molecule has 8 heteroatoms. The van der Waals surface area contributed by atoms with Gasteiger partial charge in [0, 0.05) is 41.5 Å². The molecule has 0 radical (unpaired) electrons. The summed E-state index contributed by atoms with van der Waals surface area (Å²) in [5.41, 5.74) is 1.56. The number of nitrogens with one attached hydrogen (secondary N) is 1. The van der Waals surface area contributed by atoms with Crippen molar-refractivity contribution in [3.63, 3.8) is 0 Å². The van der Waals surface area contributed by atoms with Crippen LogP contribution >= 0.6 is 23.2 Å². The first-order chi connectivity index (χ1) is 18.4. The van der Waals surface area contributed by atoms with Crippen LogP contribution in [0.3, 0.4) is 0 Å². The number of hydrogen-bond donors (Lipinski definition) is 1. The fourth-order valence-corrected chi connectivity index (χ4v) is 4.52. The molecular formula is C30H34Cl2N2O4. The van der Waals surface area contributed by atoms with Crippen molar-refractivity contribution in [3.05, 3.63) is 94.0 Å². The molecule has 0 aliphatic heterocycles. The number of benzene rings is 3. The highest BCUT2D eigenvalue weighted by Crippen LogP contribution is 2.27. The highest BCUT2D eigenvalue weighted by molar-refractivity contribution is 6.36. The molecule has 6 nitrogen and oxygen atoms in total. The molecule has 3 aromatic rings. The maximum Gasteiger partial charge on any atom is 0.243 e. The summed E-state index contributed by atoms with van der Waals surface area (Å²) in [6, 6.07) is 21.4. The summed E-state index contributed by atoms with van der Waals surface area (Å²) in [7, 11) is 1.61. The number of hydrogen-bond acceptors (Lipinski definition) is 4. The van der Waals surface area contributed by atoms with E-state index in [0.29, 0.717) is 47.4 Å². The Bertz CT molecular complexity index is 1150. The minimum absolute atomic E-state index is 0.119. The largest absolute Gasteiger partial charge is 0.497 e.